The molecule has 2 bridgehead atoms. The zero-order valence-corrected chi connectivity index (χ0v) is 14.8. The van der Waals surface area contributed by atoms with Crippen molar-refractivity contribution in [2.75, 3.05) is 6.54 Å². The van der Waals surface area contributed by atoms with Gasteiger partial charge in [-0.25, -0.2) is 9.78 Å². The van der Waals surface area contributed by atoms with Crippen molar-refractivity contribution in [3.05, 3.63) is 27.2 Å². The van der Waals surface area contributed by atoms with E-state index in [1.807, 2.05) is 4.57 Å². The number of fused-ring (bicyclic) bond motifs is 3. The number of aliphatic hydroxyl groups is 1. The predicted octanol–water partition coefficient (Wildman–Crippen LogP) is -0.188. The van der Waals surface area contributed by atoms with E-state index >= 15 is 0 Å². The molecule has 0 radical (unpaired) electrons. The van der Waals surface area contributed by atoms with Gasteiger partial charge in [-0.3, -0.25) is 18.8 Å². The van der Waals surface area contributed by atoms with E-state index in [1.54, 1.807) is 13.4 Å². The van der Waals surface area contributed by atoms with Gasteiger partial charge in [0.1, 0.15) is 0 Å². The Morgan fingerprint density at radius 2 is 1.80 bits per heavy atom. The van der Waals surface area contributed by atoms with E-state index in [0.29, 0.717) is 29.8 Å². The summed E-state index contributed by atoms with van der Waals surface area (Å²) in [6, 6.07) is 1.00. The predicted molar refractivity (Wildman–Crippen MR) is 93.6 cm³/mol. The maximum Gasteiger partial charge on any atom is 0.332 e. The van der Waals surface area contributed by atoms with Gasteiger partial charge in [0.2, 0.25) is 0 Å². The largest absolute Gasteiger partial charge is 0.393 e. The summed E-state index contributed by atoms with van der Waals surface area (Å²) in [5.74, 6) is 0. The van der Waals surface area contributed by atoms with Crippen molar-refractivity contribution in [2.24, 2.45) is 14.1 Å². The second-order valence-corrected chi connectivity index (χ2v) is 7.42. The van der Waals surface area contributed by atoms with Crippen LogP contribution in [0, 0.1) is 0 Å². The Balaban J connectivity index is 1.51. The van der Waals surface area contributed by atoms with E-state index in [1.165, 1.54) is 24.5 Å². The fraction of sp³-hybridized carbons (Fsp3) is 0.706. The maximum absolute atomic E-state index is 12.4. The maximum atomic E-state index is 12.4. The van der Waals surface area contributed by atoms with Crippen molar-refractivity contribution < 1.29 is 5.11 Å². The molecule has 0 amide bonds. The molecule has 8 nitrogen and oxygen atoms in total. The van der Waals surface area contributed by atoms with E-state index in [4.69, 9.17) is 0 Å². The molecule has 2 saturated heterocycles. The molecule has 2 aliphatic rings. The molecule has 2 atom stereocenters. The molecule has 136 valence electrons. The molecule has 1 N–H and O–H groups in total. The van der Waals surface area contributed by atoms with E-state index in [0.717, 1.165) is 30.4 Å². The van der Waals surface area contributed by atoms with Crippen LogP contribution in [-0.4, -0.2) is 53.4 Å². The number of hydrogen-bond acceptors (Lipinski definition) is 5. The molecule has 0 saturated carbocycles. The highest BCUT2D eigenvalue weighted by Gasteiger charge is 2.39. The third kappa shape index (κ3) is 2.64. The second kappa shape index (κ2) is 6.10. The Hall–Kier alpha value is -1.93. The van der Waals surface area contributed by atoms with Crippen LogP contribution in [0.25, 0.3) is 11.2 Å². The zero-order valence-electron chi connectivity index (χ0n) is 14.8. The third-order valence-electron chi connectivity index (χ3n) is 5.89. The van der Waals surface area contributed by atoms with Gasteiger partial charge in [-0.2, -0.15) is 0 Å². The first kappa shape index (κ1) is 16.5. The number of aryl methyl sites for hydroxylation is 2. The molecule has 4 heterocycles. The molecule has 0 spiro atoms. The topological polar surface area (TPSA) is 85.3 Å². The minimum atomic E-state index is -0.355. The lowest BCUT2D eigenvalue weighted by atomic mass is 10.00. The molecule has 2 aromatic rings. The number of aromatic nitrogens is 4. The monoisotopic (exact) mass is 347 g/mol. The first-order chi connectivity index (χ1) is 12.0. The summed E-state index contributed by atoms with van der Waals surface area (Å²) >= 11 is 0. The standard InChI is InChI=1S/C17H25N5O3/c1-19-15-14(16(24)20(2)17(19)25)21(10-18-15)6-3-7-22-11-4-5-12(22)9-13(23)8-11/h10-13,23H,3-9H2,1-2H3. The second-order valence-electron chi connectivity index (χ2n) is 7.42. The van der Waals surface area contributed by atoms with E-state index in [2.05, 4.69) is 9.88 Å². The van der Waals surface area contributed by atoms with Gasteiger partial charge in [0.25, 0.3) is 5.56 Å². The zero-order chi connectivity index (χ0) is 17.7. The summed E-state index contributed by atoms with van der Waals surface area (Å²) in [5, 5.41) is 9.90. The number of piperidine rings is 1. The molecule has 25 heavy (non-hydrogen) atoms. The Kier molecular flexibility index (Phi) is 4.04. The van der Waals surface area contributed by atoms with Crippen molar-refractivity contribution in [3.8, 4) is 0 Å². The molecule has 2 unspecified atom stereocenters. The molecule has 4 rings (SSSR count). The summed E-state index contributed by atoms with van der Waals surface area (Å²) in [7, 11) is 3.14. The van der Waals surface area contributed by atoms with Crippen molar-refractivity contribution in [2.45, 2.75) is 56.8 Å². The summed E-state index contributed by atoms with van der Waals surface area (Å²) < 4.78 is 4.41. The molecule has 2 aliphatic heterocycles. The van der Waals surface area contributed by atoms with E-state index < -0.39 is 0 Å². The van der Waals surface area contributed by atoms with Crippen molar-refractivity contribution in [1.82, 2.24) is 23.6 Å². The molecule has 2 aromatic heterocycles. The van der Waals surface area contributed by atoms with Gasteiger partial charge in [-0.05, 0) is 32.1 Å². The summed E-state index contributed by atoms with van der Waals surface area (Å²) in [6.45, 7) is 1.66. The number of hydrogen-bond donors (Lipinski definition) is 1. The van der Waals surface area contributed by atoms with Crippen LogP contribution in [0.1, 0.15) is 32.1 Å². The summed E-state index contributed by atoms with van der Waals surface area (Å²) in [6.07, 6.45) is 6.55. The van der Waals surface area contributed by atoms with Gasteiger partial charge in [0.05, 0.1) is 12.4 Å². The SMILES string of the molecule is Cn1c(=O)c2c(ncn2CCCN2C3CCC2CC(O)C3)n(C)c1=O. The van der Waals surface area contributed by atoms with Gasteiger partial charge < -0.3 is 9.67 Å². The third-order valence-corrected chi connectivity index (χ3v) is 5.89. The van der Waals surface area contributed by atoms with Gasteiger partial charge in [0.15, 0.2) is 11.2 Å². The first-order valence-corrected chi connectivity index (χ1v) is 9.02. The van der Waals surface area contributed by atoms with Crippen molar-refractivity contribution >= 4 is 11.2 Å². The smallest absolute Gasteiger partial charge is 0.332 e. The molecule has 2 fully saturated rings. The van der Waals surface area contributed by atoms with Crippen LogP contribution in [0.4, 0.5) is 0 Å². The highest BCUT2D eigenvalue weighted by atomic mass is 16.3. The van der Waals surface area contributed by atoms with Crippen LogP contribution in [0.2, 0.25) is 0 Å². The number of rotatable bonds is 4. The normalized spacial score (nSPS) is 26.6. The Labute approximate surface area is 145 Å². The Morgan fingerprint density at radius 1 is 1.12 bits per heavy atom. The van der Waals surface area contributed by atoms with Crippen molar-refractivity contribution in [1.29, 1.82) is 0 Å². The molecule has 8 heteroatoms. The fourth-order valence-electron chi connectivity index (χ4n) is 4.60. The van der Waals surface area contributed by atoms with E-state index in [-0.39, 0.29) is 17.4 Å². The van der Waals surface area contributed by atoms with Gasteiger partial charge in [0, 0.05) is 39.3 Å². The quantitative estimate of drug-likeness (QED) is 0.829. The summed E-state index contributed by atoms with van der Waals surface area (Å²) in [5.41, 5.74) is 0.277. The number of aliphatic hydroxyl groups excluding tert-OH is 1. The minimum Gasteiger partial charge on any atom is -0.393 e. The van der Waals surface area contributed by atoms with Crippen LogP contribution in [0.5, 0.6) is 0 Å². The van der Waals surface area contributed by atoms with Gasteiger partial charge >= 0.3 is 5.69 Å². The molecule has 0 aromatic carbocycles. The van der Waals surface area contributed by atoms with Crippen LogP contribution >= 0.6 is 0 Å². The minimum absolute atomic E-state index is 0.143. The summed E-state index contributed by atoms with van der Waals surface area (Å²) in [4.78, 5) is 31.2. The van der Waals surface area contributed by atoms with E-state index in [9.17, 15) is 14.7 Å². The molecular formula is C17H25N5O3. The van der Waals surface area contributed by atoms with Crippen LogP contribution < -0.4 is 11.2 Å². The van der Waals surface area contributed by atoms with Gasteiger partial charge in [-0.1, -0.05) is 0 Å². The first-order valence-electron chi connectivity index (χ1n) is 9.02. The average Bonchev–Trinajstić information content (AvgIpc) is 3.11. The van der Waals surface area contributed by atoms with Crippen LogP contribution in [0.15, 0.2) is 15.9 Å². The van der Waals surface area contributed by atoms with Crippen LogP contribution in [-0.2, 0) is 20.6 Å². The lowest BCUT2D eigenvalue weighted by Gasteiger charge is -2.37. The fourth-order valence-corrected chi connectivity index (χ4v) is 4.60. The van der Waals surface area contributed by atoms with Gasteiger partial charge in [-0.15, -0.1) is 0 Å². The molecule has 0 aliphatic carbocycles. The lowest BCUT2D eigenvalue weighted by molar-refractivity contribution is 0.0344. The number of imidazole rings is 1. The Bertz CT molecular complexity index is 897. The van der Waals surface area contributed by atoms with Crippen LogP contribution in [0.3, 0.4) is 0 Å². The number of nitrogens with zero attached hydrogens (tertiary/aromatic N) is 5. The highest BCUT2D eigenvalue weighted by molar-refractivity contribution is 5.69. The average molecular weight is 347 g/mol. The highest BCUT2D eigenvalue weighted by Crippen LogP contribution is 2.35. The molecular weight excluding hydrogens is 322 g/mol. The lowest BCUT2D eigenvalue weighted by Crippen LogP contribution is -2.45. The van der Waals surface area contributed by atoms with Crippen molar-refractivity contribution in [3.63, 3.8) is 0 Å². The Morgan fingerprint density at radius 3 is 2.48 bits per heavy atom.